The van der Waals surface area contributed by atoms with E-state index in [0.717, 1.165) is 5.56 Å². The zero-order valence-corrected chi connectivity index (χ0v) is 10.3. The molecule has 0 spiro atoms. The minimum atomic E-state index is -0.479. The molecule has 0 bridgehead atoms. The molecule has 1 saturated heterocycles. The van der Waals surface area contributed by atoms with Gasteiger partial charge in [0.25, 0.3) is 0 Å². The molecule has 1 aromatic carbocycles. The molecule has 1 unspecified atom stereocenters. The van der Waals surface area contributed by atoms with Crippen LogP contribution in [0, 0.1) is 6.92 Å². The number of amides is 1. The second-order valence-corrected chi connectivity index (χ2v) is 4.15. The van der Waals surface area contributed by atoms with Crippen LogP contribution in [-0.4, -0.2) is 38.6 Å². The molecule has 1 aliphatic rings. The van der Waals surface area contributed by atoms with Crippen molar-refractivity contribution in [3.05, 3.63) is 29.8 Å². The van der Waals surface area contributed by atoms with Gasteiger partial charge in [0, 0.05) is 6.54 Å². The minimum Gasteiger partial charge on any atom is -0.410 e. The number of carbonyl (C=O) groups is 1. The summed E-state index contributed by atoms with van der Waals surface area (Å²) < 4.78 is 15.7. The Labute approximate surface area is 106 Å². The fourth-order valence-corrected chi connectivity index (χ4v) is 1.60. The zero-order valence-electron chi connectivity index (χ0n) is 10.3. The molecule has 0 radical (unpaired) electrons. The van der Waals surface area contributed by atoms with Gasteiger partial charge < -0.3 is 19.5 Å². The molecule has 2 rings (SSSR count). The highest BCUT2D eigenvalue weighted by Crippen LogP contribution is 2.11. The molecule has 5 nitrogen and oxygen atoms in total. The third kappa shape index (κ3) is 4.01. The second kappa shape index (κ2) is 6.37. The number of hydrogen-bond acceptors (Lipinski definition) is 4. The van der Waals surface area contributed by atoms with Crippen LogP contribution in [0.2, 0.25) is 0 Å². The Hall–Kier alpha value is -1.59. The van der Waals surface area contributed by atoms with Crippen molar-refractivity contribution in [2.24, 2.45) is 0 Å². The van der Waals surface area contributed by atoms with Gasteiger partial charge >= 0.3 is 6.09 Å². The van der Waals surface area contributed by atoms with Crippen LogP contribution in [0.3, 0.4) is 0 Å². The fourth-order valence-electron chi connectivity index (χ4n) is 1.60. The summed E-state index contributed by atoms with van der Waals surface area (Å²) in [5.74, 6) is 0.527. The molecule has 1 aliphatic heterocycles. The number of aryl methyl sites for hydroxylation is 1. The van der Waals surface area contributed by atoms with Gasteiger partial charge in [-0.3, -0.25) is 0 Å². The van der Waals surface area contributed by atoms with Gasteiger partial charge in [-0.25, -0.2) is 4.79 Å². The van der Waals surface area contributed by atoms with Crippen molar-refractivity contribution in [2.75, 3.05) is 26.4 Å². The van der Waals surface area contributed by atoms with Crippen LogP contribution in [0.25, 0.3) is 0 Å². The summed E-state index contributed by atoms with van der Waals surface area (Å²) in [4.78, 5) is 11.5. The quantitative estimate of drug-likeness (QED) is 0.884. The molecule has 1 aromatic rings. The third-order valence-corrected chi connectivity index (χ3v) is 2.59. The summed E-state index contributed by atoms with van der Waals surface area (Å²) in [5, 5.41) is 2.65. The topological polar surface area (TPSA) is 56.8 Å². The molecular formula is C13H17NO4. The maximum Gasteiger partial charge on any atom is 0.412 e. The van der Waals surface area contributed by atoms with Crippen LogP contribution in [0.5, 0.6) is 5.75 Å². The fraction of sp³-hybridized carbons (Fsp3) is 0.462. The Morgan fingerprint density at radius 3 is 2.83 bits per heavy atom. The normalized spacial score (nSPS) is 19.3. The summed E-state index contributed by atoms with van der Waals surface area (Å²) in [6, 6.07) is 7.30. The van der Waals surface area contributed by atoms with Gasteiger partial charge in [-0.1, -0.05) is 17.7 Å². The average Bonchev–Trinajstić information content (AvgIpc) is 2.40. The molecule has 1 atom stereocenters. The van der Waals surface area contributed by atoms with E-state index >= 15 is 0 Å². The molecule has 1 amide bonds. The summed E-state index contributed by atoms with van der Waals surface area (Å²) >= 11 is 0. The summed E-state index contributed by atoms with van der Waals surface area (Å²) in [6.07, 6.45) is -0.572. The standard InChI is InChI=1S/C13H17NO4/c1-10-2-4-11(5-3-10)18-13(15)14-8-12-9-16-6-7-17-12/h2-5,12H,6-9H2,1H3,(H,14,15). The first-order valence-electron chi connectivity index (χ1n) is 5.96. The Kier molecular flexibility index (Phi) is 4.55. The van der Waals surface area contributed by atoms with Crippen molar-refractivity contribution in [2.45, 2.75) is 13.0 Å². The minimum absolute atomic E-state index is 0.0932. The van der Waals surface area contributed by atoms with Crippen molar-refractivity contribution in [3.63, 3.8) is 0 Å². The van der Waals surface area contributed by atoms with Crippen molar-refractivity contribution in [1.29, 1.82) is 0 Å². The number of carbonyl (C=O) groups excluding carboxylic acids is 1. The van der Waals surface area contributed by atoms with E-state index in [-0.39, 0.29) is 6.10 Å². The predicted molar refractivity (Wildman–Crippen MR) is 65.8 cm³/mol. The number of benzene rings is 1. The Balaban J connectivity index is 1.73. The first kappa shape index (κ1) is 12.9. The Morgan fingerprint density at radius 2 is 2.17 bits per heavy atom. The molecule has 1 N–H and O–H groups in total. The van der Waals surface area contributed by atoms with E-state index in [4.69, 9.17) is 14.2 Å². The van der Waals surface area contributed by atoms with Gasteiger partial charge in [0.1, 0.15) is 5.75 Å². The number of nitrogens with one attached hydrogen (secondary N) is 1. The summed E-state index contributed by atoms with van der Waals surface area (Å²) in [7, 11) is 0. The summed E-state index contributed by atoms with van der Waals surface area (Å²) in [5.41, 5.74) is 1.12. The van der Waals surface area contributed by atoms with Crippen molar-refractivity contribution < 1.29 is 19.0 Å². The van der Waals surface area contributed by atoms with Gasteiger partial charge in [0.15, 0.2) is 0 Å². The maximum atomic E-state index is 11.5. The maximum absolute atomic E-state index is 11.5. The molecule has 5 heteroatoms. The second-order valence-electron chi connectivity index (χ2n) is 4.15. The lowest BCUT2D eigenvalue weighted by atomic mass is 10.2. The van der Waals surface area contributed by atoms with E-state index in [1.165, 1.54) is 0 Å². The van der Waals surface area contributed by atoms with E-state index in [1.54, 1.807) is 12.1 Å². The highest BCUT2D eigenvalue weighted by molar-refractivity contribution is 5.70. The van der Waals surface area contributed by atoms with Crippen LogP contribution >= 0.6 is 0 Å². The SMILES string of the molecule is Cc1ccc(OC(=O)NCC2COCCO2)cc1. The van der Waals surface area contributed by atoms with Crippen LogP contribution in [-0.2, 0) is 9.47 Å². The number of rotatable bonds is 3. The van der Waals surface area contributed by atoms with Crippen molar-refractivity contribution >= 4 is 6.09 Å². The van der Waals surface area contributed by atoms with E-state index < -0.39 is 6.09 Å². The van der Waals surface area contributed by atoms with E-state index in [9.17, 15) is 4.79 Å². The number of hydrogen-bond donors (Lipinski definition) is 1. The molecule has 18 heavy (non-hydrogen) atoms. The predicted octanol–water partition coefficient (Wildman–Crippen LogP) is 1.50. The van der Waals surface area contributed by atoms with Gasteiger partial charge in [-0.05, 0) is 19.1 Å². The third-order valence-electron chi connectivity index (χ3n) is 2.59. The molecule has 0 saturated carbocycles. The first-order chi connectivity index (χ1) is 8.74. The van der Waals surface area contributed by atoms with Crippen LogP contribution < -0.4 is 10.1 Å². The van der Waals surface area contributed by atoms with Crippen molar-refractivity contribution in [1.82, 2.24) is 5.32 Å². The van der Waals surface area contributed by atoms with Crippen molar-refractivity contribution in [3.8, 4) is 5.75 Å². The molecule has 1 fully saturated rings. The van der Waals surface area contributed by atoms with Crippen LogP contribution in [0.1, 0.15) is 5.56 Å². The Morgan fingerprint density at radius 1 is 1.39 bits per heavy atom. The van der Waals surface area contributed by atoms with Gasteiger partial charge in [-0.15, -0.1) is 0 Å². The number of ether oxygens (including phenoxy) is 3. The lowest BCUT2D eigenvalue weighted by molar-refractivity contribution is -0.0856. The van der Waals surface area contributed by atoms with E-state index in [0.29, 0.717) is 32.1 Å². The Bertz CT molecular complexity index is 384. The molecular weight excluding hydrogens is 234 g/mol. The first-order valence-corrected chi connectivity index (χ1v) is 5.96. The van der Waals surface area contributed by atoms with Crippen LogP contribution in [0.15, 0.2) is 24.3 Å². The van der Waals surface area contributed by atoms with E-state index in [2.05, 4.69) is 5.32 Å². The largest absolute Gasteiger partial charge is 0.412 e. The van der Waals surface area contributed by atoms with Gasteiger partial charge in [-0.2, -0.15) is 0 Å². The van der Waals surface area contributed by atoms with Gasteiger partial charge in [0.05, 0.1) is 25.9 Å². The zero-order chi connectivity index (χ0) is 12.8. The van der Waals surface area contributed by atoms with Crippen LogP contribution in [0.4, 0.5) is 4.79 Å². The smallest absolute Gasteiger partial charge is 0.410 e. The average molecular weight is 251 g/mol. The van der Waals surface area contributed by atoms with Gasteiger partial charge in [0.2, 0.25) is 0 Å². The highest BCUT2D eigenvalue weighted by Gasteiger charge is 2.15. The highest BCUT2D eigenvalue weighted by atomic mass is 16.6. The molecule has 0 aromatic heterocycles. The monoisotopic (exact) mass is 251 g/mol. The molecule has 1 heterocycles. The van der Waals surface area contributed by atoms with E-state index in [1.807, 2.05) is 19.1 Å². The summed E-state index contributed by atoms with van der Waals surface area (Å²) in [6.45, 7) is 4.06. The lowest BCUT2D eigenvalue weighted by Gasteiger charge is -2.22. The molecule has 98 valence electrons. The molecule has 0 aliphatic carbocycles. The lowest BCUT2D eigenvalue weighted by Crippen LogP contribution is -2.40.